The highest BCUT2D eigenvalue weighted by Gasteiger charge is 2.22. The van der Waals surface area contributed by atoms with Crippen LogP contribution in [0.2, 0.25) is 0 Å². The first-order valence-electron chi connectivity index (χ1n) is 5.09. The summed E-state index contributed by atoms with van der Waals surface area (Å²) in [6.45, 7) is 6.15. The minimum absolute atomic E-state index is 0.230. The van der Waals surface area contributed by atoms with E-state index in [1.54, 1.807) is 7.11 Å². The fourth-order valence-corrected chi connectivity index (χ4v) is 1.75. The van der Waals surface area contributed by atoms with Crippen molar-refractivity contribution in [2.24, 2.45) is 0 Å². The van der Waals surface area contributed by atoms with E-state index in [0.717, 1.165) is 17.1 Å². The lowest BCUT2D eigenvalue weighted by Gasteiger charge is -2.28. The van der Waals surface area contributed by atoms with Crippen molar-refractivity contribution >= 4 is 6.08 Å². The molecule has 0 N–H and O–H groups in total. The Morgan fingerprint density at radius 1 is 1.27 bits per heavy atom. The van der Waals surface area contributed by atoms with Crippen LogP contribution in [0, 0.1) is 6.92 Å². The zero-order chi connectivity index (χ0) is 11.1. The molecule has 1 aliphatic heterocycles. The van der Waals surface area contributed by atoms with E-state index >= 15 is 0 Å². The van der Waals surface area contributed by atoms with E-state index in [9.17, 15) is 0 Å². The molecule has 80 valence electrons. The first-order valence-corrected chi connectivity index (χ1v) is 5.09. The molecule has 0 unspecified atom stereocenters. The fourth-order valence-electron chi connectivity index (χ4n) is 1.75. The molecule has 0 fully saturated rings. The summed E-state index contributed by atoms with van der Waals surface area (Å²) in [4.78, 5) is 0. The van der Waals surface area contributed by atoms with Crippen LogP contribution in [0.25, 0.3) is 6.08 Å². The molecule has 0 spiro atoms. The monoisotopic (exact) mass is 204 g/mol. The first-order chi connectivity index (χ1) is 7.02. The van der Waals surface area contributed by atoms with Gasteiger partial charge in [-0.1, -0.05) is 6.08 Å². The molecule has 15 heavy (non-hydrogen) atoms. The molecule has 0 amide bonds. The van der Waals surface area contributed by atoms with E-state index in [-0.39, 0.29) is 5.60 Å². The molecule has 2 nitrogen and oxygen atoms in total. The second-order valence-electron chi connectivity index (χ2n) is 4.39. The molecule has 0 saturated carbocycles. The molecular formula is C13H16O2. The second-order valence-corrected chi connectivity index (χ2v) is 4.39. The molecular weight excluding hydrogens is 188 g/mol. The lowest BCUT2D eigenvalue weighted by molar-refractivity contribution is 0.158. The van der Waals surface area contributed by atoms with Gasteiger partial charge < -0.3 is 9.47 Å². The molecule has 1 aromatic rings. The Balaban J connectivity index is 2.52. The highest BCUT2D eigenvalue weighted by atomic mass is 16.5. The fraction of sp³-hybridized carbons (Fsp3) is 0.385. The van der Waals surface area contributed by atoms with Crippen molar-refractivity contribution < 1.29 is 9.47 Å². The molecule has 0 atom stereocenters. The highest BCUT2D eigenvalue weighted by Crippen LogP contribution is 2.35. The highest BCUT2D eigenvalue weighted by molar-refractivity contribution is 5.65. The van der Waals surface area contributed by atoms with Gasteiger partial charge >= 0.3 is 0 Å². The van der Waals surface area contributed by atoms with E-state index < -0.39 is 0 Å². The van der Waals surface area contributed by atoms with Crippen molar-refractivity contribution in [1.82, 2.24) is 0 Å². The minimum atomic E-state index is -0.230. The van der Waals surface area contributed by atoms with Crippen molar-refractivity contribution in [3.05, 3.63) is 29.3 Å². The predicted octanol–water partition coefficient (Wildman–Crippen LogP) is 3.19. The van der Waals surface area contributed by atoms with E-state index in [4.69, 9.17) is 9.47 Å². The summed E-state index contributed by atoms with van der Waals surface area (Å²) in [5.41, 5.74) is 2.09. The second kappa shape index (κ2) is 3.30. The van der Waals surface area contributed by atoms with E-state index in [1.165, 1.54) is 5.56 Å². The van der Waals surface area contributed by atoms with Crippen molar-refractivity contribution in [2.45, 2.75) is 26.4 Å². The number of hydrogen-bond acceptors (Lipinski definition) is 2. The smallest absolute Gasteiger partial charge is 0.131 e. The molecule has 1 aromatic carbocycles. The number of methoxy groups -OCH3 is 1. The van der Waals surface area contributed by atoms with E-state index in [1.807, 2.05) is 26.0 Å². The third-order valence-corrected chi connectivity index (χ3v) is 2.58. The Hall–Kier alpha value is -1.44. The third kappa shape index (κ3) is 1.84. The van der Waals surface area contributed by atoms with Gasteiger partial charge in [-0.15, -0.1) is 0 Å². The maximum absolute atomic E-state index is 5.88. The maximum atomic E-state index is 5.88. The average molecular weight is 204 g/mol. The number of ether oxygens (including phenoxy) is 2. The summed E-state index contributed by atoms with van der Waals surface area (Å²) in [5.74, 6) is 1.75. The summed E-state index contributed by atoms with van der Waals surface area (Å²) in [6, 6.07) is 3.96. The molecule has 1 aliphatic rings. The summed E-state index contributed by atoms with van der Waals surface area (Å²) >= 11 is 0. The van der Waals surface area contributed by atoms with Crippen LogP contribution < -0.4 is 9.47 Å². The summed E-state index contributed by atoms with van der Waals surface area (Å²) in [7, 11) is 1.67. The van der Waals surface area contributed by atoms with Gasteiger partial charge in [0.05, 0.1) is 7.11 Å². The van der Waals surface area contributed by atoms with Crippen LogP contribution in [0.5, 0.6) is 11.5 Å². The Morgan fingerprint density at radius 2 is 2.00 bits per heavy atom. The lowest BCUT2D eigenvalue weighted by Crippen LogP contribution is -2.27. The van der Waals surface area contributed by atoms with E-state index in [0.29, 0.717) is 0 Å². The molecule has 0 aliphatic carbocycles. The molecule has 2 heteroatoms. The van der Waals surface area contributed by atoms with Crippen LogP contribution in [-0.2, 0) is 0 Å². The Bertz CT molecular complexity index is 417. The molecule has 0 aromatic heterocycles. The molecule has 2 rings (SSSR count). The van der Waals surface area contributed by atoms with Crippen molar-refractivity contribution in [2.75, 3.05) is 7.11 Å². The van der Waals surface area contributed by atoms with Gasteiger partial charge in [0.2, 0.25) is 0 Å². The largest absolute Gasteiger partial charge is 0.497 e. The molecule has 0 radical (unpaired) electrons. The van der Waals surface area contributed by atoms with Crippen LogP contribution in [0.15, 0.2) is 18.2 Å². The molecule has 1 heterocycles. The number of rotatable bonds is 1. The van der Waals surface area contributed by atoms with Crippen molar-refractivity contribution in [3.63, 3.8) is 0 Å². The zero-order valence-electron chi connectivity index (χ0n) is 9.63. The SMILES string of the molecule is COc1cc(C)c2c(c1)OC(C)(C)C=C2. The summed E-state index contributed by atoms with van der Waals surface area (Å²) < 4.78 is 11.1. The summed E-state index contributed by atoms with van der Waals surface area (Å²) in [5, 5.41) is 0. The average Bonchev–Trinajstić information content (AvgIpc) is 2.15. The summed E-state index contributed by atoms with van der Waals surface area (Å²) in [6.07, 6.45) is 4.20. The van der Waals surface area contributed by atoms with Gasteiger partial charge in [0.25, 0.3) is 0 Å². The number of benzene rings is 1. The van der Waals surface area contributed by atoms with Crippen LogP contribution in [0.4, 0.5) is 0 Å². The first kappa shape index (κ1) is 10.1. The van der Waals surface area contributed by atoms with Crippen LogP contribution in [0.3, 0.4) is 0 Å². The standard InChI is InChI=1S/C13H16O2/c1-9-7-10(14-4)8-12-11(9)5-6-13(2,3)15-12/h5-8H,1-4H3. The lowest BCUT2D eigenvalue weighted by atomic mass is 9.99. The van der Waals surface area contributed by atoms with Gasteiger partial charge in [0, 0.05) is 11.6 Å². The Labute approximate surface area is 90.5 Å². The molecule has 0 saturated heterocycles. The van der Waals surface area contributed by atoms with Gasteiger partial charge in [0.15, 0.2) is 0 Å². The quantitative estimate of drug-likeness (QED) is 0.699. The Kier molecular flexibility index (Phi) is 2.22. The number of fused-ring (bicyclic) bond motifs is 1. The van der Waals surface area contributed by atoms with Crippen molar-refractivity contribution in [3.8, 4) is 11.5 Å². The van der Waals surface area contributed by atoms with Gasteiger partial charge in [0.1, 0.15) is 17.1 Å². The van der Waals surface area contributed by atoms with Crippen molar-refractivity contribution in [1.29, 1.82) is 0 Å². The number of hydrogen-bond donors (Lipinski definition) is 0. The van der Waals surface area contributed by atoms with Crippen LogP contribution >= 0.6 is 0 Å². The van der Waals surface area contributed by atoms with Gasteiger partial charge in [-0.25, -0.2) is 0 Å². The van der Waals surface area contributed by atoms with Gasteiger partial charge in [-0.2, -0.15) is 0 Å². The maximum Gasteiger partial charge on any atom is 0.131 e. The van der Waals surface area contributed by atoms with E-state index in [2.05, 4.69) is 19.1 Å². The van der Waals surface area contributed by atoms with Gasteiger partial charge in [-0.05, 0) is 38.5 Å². The van der Waals surface area contributed by atoms with Gasteiger partial charge in [-0.3, -0.25) is 0 Å². The van der Waals surface area contributed by atoms with Crippen LogP contribution in [0.1, 0.15) is 25.0 Å². The third-order valence-electron chi connectivity index (χ3n) is 2.58. The minimum Gasteiger partial charge on any atom is -0.497 e. The van der Waals surface area contributed by atoms with Crippen LogP contribution in [-0.4, -0.2) is 12.7 Å². The zero-order valence-corrected chi connectivity index (χ0v) is 9.63. The predicted molar refractivity (Wildman–Crippen MR) is 61.5 cm³/mol. The topological polar surface area (TPSA) is 18.5 Å². The Morgan fingerprint density at radius 3 is 2.67 bits per heavy atom. The normalized spacial score (nSPS) is 16.8. The number of aryl methyl sites for hydroxylation is 1. The molecule has 0 bridgehead atoms.